The van der Waals surface area contributed by atoms with Crippen molar-refractivity contribution in [1.29, 1.82) is 0 Å². The van der Waals surface area contributed by atoms with Gasteiger partial charge in [0.2, 0.25) is 0 Å². The minimum Gasteiger partial charge on any atom is -0.405 e. The maximum absolute atomic E-state index is 13.3. The van der Waals surface area contributed by atoms with Crippen LogP contribution >= 0.6 is 0 Å². The Bertz CT molecular complexity index is 1000. The van der Waals surface area contributed by atoms with Crippen LogP contribution in [0, 0.1) is 0 Å². The molecule has 1 amide bonds. The van der Waals surface area contributed by atoms with Gasteiger partial charge in [-0.25, -0.2) is 8.78 Å². The number of fused-ring (bicyclic) bond motifs is 1. The van der Waals surface area contributed by atoms with E-state index < -0.39 is 41.8 Å². The Labute approximate surface area is 180 Å². The van der Waals surface area contributed by atoms with Crippen molar-refractivity contribution < 1.29 is 31.5 Å². The van der Waals surface area contributed by atoms with Crippen molar-refractivity contribution in [2.24, 2.45) is 7.05 Å². The summed E-state index contributed by atoms with van der Waals surface area (Å²) in [5.41, 5.74) is -1.48. The molecule has 1 atom stereocenters. The number of rotatable bonds is 7. The number of nitrogens with zero attached hydrogens (tertiary/aromatic N) is 2. The highest BCUT2D eigenvalue weighted by atomic mass is 19.4. The van der Waals surface area contributed by atoms with Crippen LogP contribution in [-0.2, 0) is 12.7 Å². The van der Waals surface area contributed by atoms with Crippen molar-refractivity contribution in [1.82, 2.24) is 25.7 Å². The lowest BCUT2D eigenvalue weighted by atomic mass is 9.99. The predicted octanol–water partition coefficient (Wildman–Crippen LogP) is 2.76. The minimum absolute atomic E-state index is 0.150. The van der Waals surface area contributed by atoms with Gasteiger partial charge >= 0.3 is 6.36 Å². The van der Waals surface area contributed by atoms with Crippen LogP contribution in [-0.4, -0.2) is 43.2 Å². The number of carbonyl (C=O) groups excluding carboxylic acids is 1. The first kappa shape index (κ1) is 23.9. The molecular formula is C19H23F5N6O2. The maximum atomic E-state index is 13.3. The molecule has 2 aromatic rings. The van der Waals surface area contributed by atoms with Crippen molar-refractivity contribution in [2.45, 2.75) is 30.9 Å². The molecule has 176 valence electrons. The first-order valence-electron chi connectivity index (χ1n) is 9.57. The summed E-state index contributed by atoms with van der Waals surface area (Å²) < 4.78 is 71.1. The van der Waals surface area contributed by atoms with Gasteiger partial charge in [-0.15, -0.1) is 13.2 Å². The number of amides is 1. The number of hydrogen-bond acceptors (Lipinski definition) is 6. The van der Waals surface area contributed by atoms with E-state index in [0.717, 1.165) is 16.9 Å². The molecule has 0 saturated carbocycles. The van der Waals surface area contributed by atoms with Crippen LogP contribution in [0.5, 0.6) is 5.75 Å². The summed E-state index contributed by atoms with van der Waals surface area (Å²) in [6.45, 7) is 0. The van der Waals surface area contributed by atoms with E-state index in [2.05, 4.69) is 31.1 Å². The topological polar surface area (TPSA) is 92.2 Å². The summed E-state index contributed by atoms with van der Waals surface area (Å²) in [5, 5.41) is 15.2. The molecule has 1 aliphatic rings. The van der Waals surface area contributed by atoms with E-state index in [1.807, 2.05) is 0 Å². The molecule has 0 bridgehead atoms. The zero-order valence-corrected chi connectivity index (χ0v) is 17.7. The number of carbonyl (C=O) groups is 1. The molecule has 32 heavy (non-hydrogen) atoms. The fourth-order valence-corrected chi connectivity index (χ4v) is 4.09. The molecule has 1 heterocycles. The van der Waals surface area contributed by atoms with Gasteiger partial charge in [-0.2, -0.15) is 5.10 Å². The number of halogens is 5. The number of aromatic nitrogens is 2. The van der Waals surface area contributed by atoms with Crippen LogP contribution in [0.1, 0.15) is 46.1 Å². The van der Waals surface area contributed by atoms with Crippen molar-refractivity contribution in [3.05, 3.63) is 40.7 Å². The van der Waals surface area contributed by atoms with Gasteiger partial charge in [-0.3, -0.25) is 20.1 Å². The Morgan fingerprint density at radius 1 is 1.25 bits per heavy atom. The third-order valence-electron chi connectivity index (χ3n) is 5.48. The lowest BCUT2D eigenvalue weighted by Gasteiger charge is -2.31. The van der Waals surface area contributed by atoms with E-state index in [-0.39, 0.29) is 23.2 Å². The number of benzene rings is 1. The molecule has 4 N–H and O–H groups in total. The molecule has 8 nitrogen and oxygen atoms in total. The van der Waals surface area contributed by atoms with Crippen molar-refractivity contribution in [3.63, 3.8) is 0 Å². The second-order valence-corrected chi connectivity index (χ2v) is 7.25. The Hall–Kier alpha value is -2.77. The number of aryl methyl sites for hydroxylation is 1. The number of ether oxygens (including phenoxy) is 1. The maximum Gasteiger partial charge on any atom is 0.573 e. The van der Waals surface area contributed by atoms with Crippen molar-refractivity contribution in [3.8, 4) is 5.75 Å². The molecule has 0 fully saturated rings. The zero-order valence-electron chi connectivity index (χ0n) is 17.7. The fraction of sp³-hybridized carbons (Fsp3) is 0.474. The number of alkyl halides is 5. The van der Waals surface area contributed by atoms with Gasteiger partial charge in [-0.1, -0.05) is 0 Å². The van der Waals surface area contributed by atoms with Crippen molar-refractivity contribution in [2.75, 3.05) is 26.5 Å². The van der Waals surface area contributed by atoms with Crippen LogP contribution in [0.4, 0.5) is 27.6 Å². The highest BCUT2D eigenvalue weighted by molar-refractivity contribution is 6.05. The lowest BCUT2D eigenvalue weighted by Crippen LogP contribution is -2.50. The summed E-state index contributed by atoms with van der Waals surface area (Å²) in [4.78, 5) is 12.8. The lowest BCUT2D eigenvalue weighted by molar-refractivity contribution is -0.275. The fourth-order valence-electron chi connectivity index (χ4n) is 4.09. The largest absolute Gasteiger partial charge is 0.573 e. The summed E-state index contributed by atoms with van der Waals surface area (Å²) in [6.07, 6.45) is -6.48. The minimum atomic E-state index is -4.94. The molecule has 1 aromatic heterocycles. The Morgan fingerprint density at radius 3 is 2.44 bits per heavy atom. The van der Waals surface area contributed by atoms with Gasteiger partial charge in [0.15, 0.2) is 0 Å². The second-order valence-electron chi connectivity index (χ2n) is 7.25. The molecule has 0 saturated heterocycles. The molecular weight excluding hydrogens is 439 g/mol. The normalized spacial score (nSPS) is 17.5. The van der Waals surface area contributed by atoms with E-state index in [9.17, 15) is 26.7 Å². The van der Waals surface area contributed by atoms with Crippen LogP contribution in [0.25, 0.3) is 0 Å². The summed E-state index contributed by atoms with van der Waals surface area (Å²) >= 11 is 0. The molecule has 0 spiro atoms. The smallest absolute Gasteiger partial charge is 0.405 e. The standard InChI is InChI=1S/C19H23F5N6O2/c1-25-11-7-18(26-2,27-3)14-12(32-19(22,23)24)6-5-10(13(11)14)28-17(31)9-8-30(4)29-15(9)16(20)21/h5-6,8,11,16,25-27H,7H2,1-4H3,(H,28,31). The van der Waals surface area contributed by atoms with E-state index >= 15 is 0 Å². The summed E-state index contributed by atoms with van der Waals surface area (Å²) in [7, 11) is 6.17. The van der Waals surface area contributed by atoms with Gasteiger partial charge < -0.3 is 15.4 Å². The summed E-state index contributed by atoms with van der Waals surface area (Å²) in [5.74, 6) is -1.30. The Morgan fingerprint density at radius 2 is 1.91 bits per heavy atom. The number of hydrogen-bond donors (Lipinski definition) is 4. The molecule has 0 aliphatic heterocycles. The van der Waals surface area contributed by atoms with Crippen LogP contribution in [0.3, 0.4) is 0 Å². The van der Waals surface area contributed by atoms with E-state index in [1.165, 1.54) is 13.1 Å². The van der Waals surface area contributed by atoms with Gasteiger partial charge in [0.25, 0.3) is 12.3 Å². The van der Waals surface area contributed by atoms with Gasteiger partial charge in [0.1, 0.15) is 17.1 Å². The van der Waals surface area contributed by atoms with Crippen LogP contribution < -0.4 is 26.0 Å². The molecule has 1 aromatic carbocycles. The number of nitrogens with one attached hydrogen (secondary N) is 4. The van der Waals surface area contributed by atoms with E-state index in [4.69, 9.17) is 0 Å². The Balaban J connectivity index is 2.13. The van der Waals surface area contributed by atoms with Crippen LogP contribution in [0.15, 0.2) is 18.3 Å². The highest BCUT2D eigenvalue weighted by Gasteiger charge is 2.47. The highest BCUT2D eigenvalue weighted by Crippen LogP contribution is 2.50. The first-order chi connectivity index (χ1) is 15.0. The van der Waals surface area contributed by atoms with Gasteiger partial charge in [-0.05, 0) is 33.3 Å². The Kier molecular flexibility index (Phi) is 6.45. The van der Waals surface area contributed by atoms with E-state index in [1.54, 1.807) is 21.1 Å². The number of anilines is 1. The van der Waals surface area contributed by atoms with E-state index in [0.29, 0.717) is 5.56 Å². The zero-order chi connectivity index (χ0) is 23.8. The molecule has 13 heteroatoms. The third kappa shape index (κ3) is 4.27. The predicted molar refractivity (Wildman–Crippen MR) is 105 cm³/mol. The van der Waals surface area contributed by atoms with Crippen LogP contribution in [0.2, 0.25) is 0 Å². The average Bonchev–Trinajstić information content (AvgIpc) is 3.28. The van der Waals surface area contributed by atoms with Gasteiger partial charge in [0, 0.05) is 42.5 Å². The van der Waals surface area contributed by atoms with Crippen molar-refractivity contribution >= 4 is 11.6 Å². The molecule has 1 unspecified atom stereocenters. The SMILES string of the molecule is CNC1CC(NC)(NC)c2c(OC(F)(F)F)ccc(NC(=O)c3cn(C)nc3C(F)F)c21. The quantitative estimate of drug-likeness (QED) is 0.374. The molecule has 1 aliphatic carbocycles. The second kappa shape index (κ2) is 8.64. The van der Waals surface area contributed by atoms with Gasteiger partial charge in [0.05, 0.1) is 5.56 Å². The molecule has 0 radical (unpaired) electrons. The third-order valence-corrected chi connectivity index (χ3v) is 5.48. The monoisotopic (exact) mass is 462 g/mol. The summed E-state index contributed by atoms with van der Waals surface area (Å²) in [6, 6.07) is 1.85. The first-order valence-corrected chi connectivity index (χ1v) is 9.57. The molecule has 3 rings (SSSR count). The average molecular weight is 462 g/mol.